The molecule has 0 atom stereocenters. The average molecular weight is 206 g/mol. The van der Waals surface area contributed by atoms with E-state index in [0.717, 1.165) is 5.69 Å². The van der Waals surface area contributed by atoms with Gasteiger partial charge in [0.25, 0.3) is 4.80 Å². The predicted octanol–water partition coefficient (Wildman–Crippen LogP) is 1.97. The van der Waals surface area contributed by atoms with Gasteiger partial charge in [0.1, 0.15) is 12.0 Å². The van der Waals surface area contributed by atoms with Crippen molar-refractivity contribution in [2.45, 2.75) is 13.5 Å². The molecule has 0 amide bonds. The molecule has 1 aromatic heterocycles. The Morgan fingerprint density at radius 1 is 1.80 bits per heavy atom. The maximum atomic E-state index is 5.09. The van der Waals surface area contributed by atoms with Crippen LogP contribution >= 0.6 is 15.9 Å². The molecule has 3 nitrogen and oxygen atoms in total. The van der Waals surface area contributed by atoms with Crippen molar-refractivity contribution in [1.29, 1.82) is 0 Å². The highest BCUT2D eigenvalue weighted by molar-refractivity contribution is 9.10. The largest absolute Gasteiger partial charge is 0.439 e. The molecule has 1 heterocycles. The number of oxazole rings is 1. The summed E-state index contributed by atoms with van der Waals surface area (Å²) >= 11 is 3.09. The van der Waals surface area contributed by atoms with Gasteiger partial charge in [0.15, 0.2) is 0 Å². The van der Waals surface area contributed by atoms with E-state index in [-0.39, 0.29) is 0 Å². The van der Waals surface area contributed by atoms with Gasteiger partial charge in [-0.15, -0.1) is 0 Å². The number of hydrogen-bond donors (Lipinski definition) is 0. The summed E-state index contributed by atoms with van der Waals surface area (Å²) in [7, 11) is 0. The summed E-state index contributed by atoms with van der Waals surface area (Å²) < 4.78 is 9.98. The van der Waals surface area contributed by atoms with Gasteiger partial charge in [-0.3, -0.25) is 0 Å². The fourth-order valence-electron chi connectivity index (χ4n) is 0.555. The Bertz CT molecular complexity index is 199. The van der Waals surface area contributed by atoms with Gasteiger partial charge in [-0.25, -0.2) is 4.98 Å². The van der Waals surface area contributed by atoms with Crippen LogP contribution in [-0.2, 0) is 11.3 Å². The zero-order valence-electron chi connectivity index (χ0n) is 5.63. The Kier molecular flexibility index (Phi) is 2.89. The molecule has 0 spiro atoms. The molecule has 0 unspecified atom stereocenters. The molecule has 0 saturated carbocycles. The highest BCUT2D eigenvalue weighted by Crippen LogP contribution is 2.08. The molecule has 0 aromatic carbocycles. The van der Waals surface area contributed by atoms with Crippen molar-refractivity contribution in [2.24, 2.45) is 0 Å². The van der Waals surface area contributed by atoms with Gasteiger partial charge < -0.3 is 9.15 Å². The van der Waals surface area contributed by atoms with Crippen LogP contribution in [0.25, 0.3) is 0 Å². The number of hydrogen-bond acceptors (Lipinski definition) is 3. The summed E-state index contributed by atoms with van der Waals surface area (Å²) in [6.45, 7) is 3.16. The second kappa shape index (κ2) is 3.73. The van der Waals surface area contributed by atoms with Crippen LogP contribution < -0.4 is 0 Å². The van der Waals surface area contributed by atoms with Crippen molar-refractivity contribution >= 4 is 15.9 Å². The quantitative estimate of drug-likeness (QED) is 0.758. The molecule has 0 saturated heterocycles. The lowest BCUT2D eigenvalue weighted by molar-refractivity contribution is 0.131. The van der Waals surface area contributed by atoms with Crippen LogP contribution in [0.3, 0.4) is 0 Å². The normalized spacial score (nSPS) is 10.2. The Morgan fingerprint density at radius 2 is 2.60 bits per heavy atom. The van der Waals surface area contributed by atoms with Gasteiger partial charge in [-0.1, -0.05) is 0 Å². The van der Waals surface area contributed by atoms with E-state index >= 15 is 0 Å². The van der Waals surface area contributed by atoms with Crippen LogP contribution in [0.4, 0.5) is 0 Å². The van der Waals surface area contributed by atoms with E-state index in [1.807, 2.05) is 6.92 Å². The van der Waals surface area contributed by atoms with Gasteiger partial charge in [-0.2, -0.15) is 0 Å². The number of aromatic nitrogens is 1. The van der Waals surface area contributed by atoms with Crippen molar-refractivity contribution in [3.8, 4) is 0 Å². The molecule has 0 bridgehead atoms. The van der Waals surface area contributed by atoms with Gasteiger partial charge in [0, 0.05) is 22.5 Å². The summed E-state index contributed by atoms with van der Waals surface area (Å²) in [5, 5.41) is 0. The summed E-state index contributed by atoms with van der Waals surface area (Å²) in [6.07, 6.45) is 1.57. The van der Waals surface area contributed by atoms with E-state index in [1.165, 1.54) is 0 Å². The van der Waals surface area contributed by atoms with Crippen molar-refractivity contribution < 1.29 is 9.15 Å². The first-order valence-corrected chi connectivity index (χ1v) is 3.80. The fraction of sp³-hybridized carbons (Fsp3) is 0.500. The fourth-order valence-corrected chi connectivity index (χ4v) is 0.876. The standard InChI is InChI=1S/C6H8BrNO2/c1-2-9-3-5-4-10-6(7)8-5/h4H,2-3H2,1H3. The minimum atomic E-state index is 0.502. The molecular weight excluding hydrogens is 198 g/mol. The van der Waals surface area contributed by atoms with Crippen molar-refractivity contribution in [1.82, 2.24) is 4.98 Å². The Hall–Kier alpha value is -0.350. The SMILES string of the molecule is CCOCc1coc(Br)n1. The Morgan fingerprint density at radius 3 is 3.10 bits per heavy atom. The monoisotopic (exact) mass is 205 g/mol. The third-order valence-electron chi connectivity index (χ3n) is 0.978. The maximum absolute atomic E-state index is 5.09. The highest BCUT2D eigenvalue weighted by atomic mass is 79.9. The van der Waals surface area contributed by atoms with Crippen LogP contribution in [-0.4, -0.2) is 11.6 Å². The maximum Gasteiger partial charge on any atom is 0.264 e. The van der Waals surface area contributed by atoms with Gasteiger partial charge >= 0.3 is 0 Å². The summed E-state index contributed by atoms with van der Waals surface area (Å²) in [5.41, 5.74) is 0.814. The molecule has 1 aromatic rings. The number of ether oxygens (including phenoxy) is 1. The van der Waals surface area contributed by atoms with Crippen molar-refractivity contribution in [3.63, 3.8) is 0 Å². The lowest BCUT2D eigenvalue weighted by Crippen LogP contribution is -1.90. The molecular formula is C6H8BrNO2. The second-order valence-electron chi connectivity index (χ2n) is 1.73. The third-order valence-corrected chi connectivity index (χ3v) is 1.34. The van der Waals surface area contributed by atoms with Crippen molar-refractivity contribution in [3.05, 3.63) is 16.8 Å². The van der Waals surface area contributed by atoms with Crippen LogP contribution in [0.2, 0.25) is 0 Å². The number of rotatable bonds is 3. The number of halogens is 1. The summed E-state index contributed by atoms with van der Waals surface area (Å²) in [5.74, 6) is 0. The Balaban J connectivity index is 2.42. The van der Waals surface area contributed by atoms with Crippen LogP contribution in [0.15, 0.2) is 15.5 Å². The number of nitrogens with zero attached hydrogens (tertiary/aromatic N) is 1. The third kappa shape index (κ3) is 2.11. The lowest BCUT2D eigenvalue weighted by atomic mass is 10.5. The zero-order valence-corrected chi connectivity index (χ0v) is 7.22. The topological polar surface area (TPSA) is 35.3 Å². The molecule has 0 N–H and O–H groups in total. The molecule has 56 valence electrons. The van der Waals surface area contributed by atoms with E-state index in [4.69, 9.17) is 9.15 Å². The van der Waals surface area contributed by atoms with Crippen LogP contribution in [0, 0.1) is 0 Å². The smallest absolute Gasteiger partial charge is 0.264 e. The lowest BCUT2D eigenvalue weighted by Gasteiger charge is -1.92. The summed E-state index contributed by atoms with van der Waals surface area (Å²) in [6, 6.07) is 0. The molecule has 4 heteroatoms. The van der Waals surface area contributed by atoms with E-state index in [1.54, 1.807) is 6.26 Å². The van der Waals surface area contributed by atoms with E-state index in [2.05, 4.69) is 20.9 Å². The van der Waals surface area contributed by atoms with Crippen LogP contribution in [0.5, 0.6) is 0 Å². The van der Waals surface area contributed by atoms with Gasteiger partial charge in [-0.05, 0) is 6.92 Å². The first kappa shape index (κ1) is 7.75. The molecule has 0 aliphatic heterocycles. The minimum Gasteiger partial charge on any atom is -0.439 e. The van der Waals surface area contributed by atoms with E-state index in [9.17, 15) is 0 Å². The average Bonchev–Trinajstić information content (AvgIpc) is 2.31. The molecule has 0 fully saturated rings. The molecule has 0 aliphatic rings. The highest BCUT2D eigenvalue weighted by Gasteiger charge is 1.98. The molecule has 10 heavy (non-hydrogen) atoms. The molecule has 0 radical (unpaired) electrons. The summed E-state index contributed by atoms with van der Waals surface area (Å²) in [4.78, 5) is 4.48. The van der Waals surface area contributed by atoms with E-state index < -0.39 is 0 Å². The molecule has 0 aliphatic carbocycles. The molecule has 1 rings (SSSR count). The minimum absolute atomic E-state index is 0.502. The van der Waals surface area contributed by atoms with Gasteiger partial charge in [0.2, 0.25) is 0 Å². The second-order valence-corrected chi connectivity index (χ2v) is 2.41. The predicted molar refractivity (Wildman–Crippen MR) is 39.5 cm³/mol. The first-order valence-electron chi connectivity index (χ1n) is 3.00. The zero-order chi connectivity index (χ0) is 7.40. The van der Waals surface area contributed by atoms with Gasteiger partial charge in [0.05, 0.1) is 6.61 Å². The van der Waals surface area contributed by atoms with Crippen LogP contribution in [0.1, 0.15) is 12.6 Å². The van der Waals surface area contributed by atoms with Crippen molar-refractivity contribution in [2.75, 3.05) is 6.61 Å². The van der Waals surface area contributed by atoms with E-state index in [0.29, 0.717) is 18.0 Å². The Labute approximate surface area is 67.5 Å². The first-order chi connectivity index (χ1) is 4.83.